The third-order valence-electron chi connectivity index (χ3n) is 2.52. The third kappa shape index (κ3) is 2.91. The van der Waals surface area contributed by atoms with E-state index in [0.29, 0.717) is 0 Å². The van der Waals surface area contributed by atoms with Crippen molar-refractivity contribution in [1.82, 2.24) is 14.9 Å². The van der Waals surface area contributed by atoms with E-state index in [9.17, 15) is 0 Å². The van der Waals surface area contributed by atoms with Gasteiger partial charge in [-0.25, -0.2) is 4.68 Å². The average molecular weight is 240 g/mol. The van der Waals surface area contributed by atoms with Crippen LogP contribution in [0.2, 0.25) is 0 Å². The highest BCUT2D eigenvalue weighted by Gasteiger charge is 2.00. The molecule has 0 aliphatic rings. The summed E-state index contributed by atoms with van der Waals surface area (Å²) in [6.07, 6.45) is 3.90. The van der Waals surface area contributed by atoms with E-state index in [4.69, 9.17) is 0 Å². The van der Waals surface area contributed by atoms with E-state index >= 15 is 0 Å². The van der Waals surface area contributed by atoms with E-state index in [1.54, 1.807) is 4.68 Å². The minimum absolute atomic E-state index is 0.788. The lowest BCUT2D eigenvalue weighted by Gasteiger charge is -1.98. The molecule has 0 N–H and O–H groups in total. The maximum Gasteiger partial charge on any atom is 0.151 e. The van der Waals surface area contributed by atoms with Crippen LogP contribution in [0.15, 0.2) is 41.0 Å². The monoisotopic (exact) mass is 240 g/mol. The Kier molecular flexibility index (Phi) is 3.67. The fourth-order valence-corrected chi connectivity index (χ4v) is 1.63. The number of aryl methyl sites for hydroxylation is 2. The molecule has 4 nitrogen and oxygen atoms in total. The van der Waals surface area contributed by atoms with Crippen molar-refractivity contribution in [2.24, 2.45) is 5.10 Å². The van der Waals surface area contributed by atoms with Crippen LogP contribution in [0.3, 0.4) is 0 Å². The highest BCUT2D eigenvalue weighted by atomic mass is 15.4. The first-order chi connectivity index (χ1) is 8.66. The number of aromatic nitrogens is 3. The van der Waals surface area contributed by atoms with E-state index in [0.717, 1.165) is 17.2 Å². The van der Waals surface area contributed by atoms with Gasteiger partial charge in [-0.1, -0.05) is 36.4 Å². The van der Waals surface area contributed by atoms with Crippen LogP contribution in [0.5, 0.6) is 0 Å². The van der Waals surface area contributed by atoms with Crippen molar-refractivity contribution in [1.29, 1.82) is 0 Å². The molecule has 0 amide bonds. The first kappa shape index (κ1) is 12.2. The maximum absolute atomic E-state index is 4.36. The van der Waals surface area contributed by atoms with Crippen molar-refractivity contribution in [3.63, 3.8) is 0 Å². The minimum Gasteiger partial charge on any atom is -0.202 e. The second-order valence-electron chi connectivity index (χ2n) is 4.15. The van der Waals surface area contributed by atoms with E-state index in [1.165, 1.54) is 5.56 Å². The summed E-state index contributed by atoms with van der Waals surface area (Å²) in [5.74, 6) is 1.58. The molecule has 18 heavy (non-hydrogen) atoms. The summed E-state index contributed by atoms with van der Waals surface area (Å²) in [4.78, 5) is 0. The Labute approximate surface area is 107 Å². The van der Waals surface area contributed by atoms with Crippen LogP contribution in [-0.4, -0.2) is 21.1 Å². The fraction of sp³-hybridized carbons (Fsp3) is 0.214. The molecule has 0 saturated heterocycles. The van der Waals surface area contributed by atoms with Gasteiger partial charge in [0.15, 0.2) is 11.6 Å². The Morgan fingerprint density at radius 3 is 2.33 bits per heavy atom. The van der Waals surface area contributed by atoms with Gasteiger partial charge in [0, 0.05) is 0 Å². The molecular formula is C14H16N4. The average Bonchev–Trinajstić information content (AvgIpc) is 2.68. The number of rotatable bonds is 3. The molecule has 0 aliphatic heterocycles. The highest BCUT2D eigenvalue weighted by molar-refractivity contribution is 5.84. The molecule has 0 spiro atoms. The van der Waals surface area contributed by atoms with Crippen molar-refractivity contribution in [2.45, 2.75) is 20.8 Å². The van der Waals surface area contributed by atoms with Crippen molar-refractivity contribution >= 4 is 12.3 Å². The molecule has 2 aromatic rings. The second kappa shape index (κ2) is 5.40. The quantitative estimate of drug-likeness (QED) is 0.774. The summed E-state index contributed by atoms with van der Waals surface area (Å²) in [7, 11) is 0. The van der Waals surface area contributed by atoms with Gasteiger partial charge >= 0.3 is 0 Å². The summed E-state index contributed by atoms with van der Waals surface area (Å²) in [6.45, 7) is 5.78. The minimum atomic E-state index is 0.788. The summed E-state index contributed by atoms with van der Waals surface area (Å²) < 4.78 is 1.72. The predicted molar refractivity (Wildman–Crippen MR) is 73.5 cm³/mol. The predicted octanol–water partition coefficient (Wildman–Crippen LogP) is 2.83. The molecule has 0 unspecified atom stereocenters. The van der Waals surface area contributed by atoms with E-state index < -0.39 is 0 Å². The Hall–Kier alpha value is -2.23. The molecule has 1 aromatic carbocycles. The van der Waals surface area contributed by atoms with E-state index in [-0.39, 0.29) is 0 Å². The van der Waals surface area contributed by atoms with Crippen LogP contribution < -0.4 is 0 Å². The first-order valence-electron chi connectivity index (χ1n) is 5.83. The molecule has 92 valence electrons. The summed E-state index contributed by atoms with van der Waals surface area (Å²) >= 11 is 0. The number of benzene rings is 1. The molecule has 0 radical (unpaired) electrons. The maximum atomic E-state index is 4.36. The lowest BCUT2D eigenvalue weighted by molar-refractivity contribution is 0.798. The number of allylic oxidation sites excluding steroid dienone is 1. The van der Waals surface area contributed by atoms with Gasteiger partial charge in [-0.3, -0.25) is 0 Å². The Morgan fingerprint density at radius 1 is 1.11 bits per heavy atom. The van der Waals surface area contributed by atoms with Gasteiger partial charge in [-0.15, -0.1) is 10.2 Å². The Morgan fingerprint density at radius 2 is 1.72 bits per heavy atom. The third-order valence-corrected chi connectivity index (χ3v) is 2.52. The van der Waals surface area contributed by atoms with Crippen LogP contribution in [0.1, 0.15) is 24.1 Å². The molecule has 0 atom stereocenters. The lowest BCUT2D eigenvalue weighted by Crippen LogP contribution is -1.96. The highest BCUT2D eigenvalue weighted by Crippen LogP contribution is 2.05. The Bertz CT molecular complexity index is 560. The van der Waals surface area contributed by atoms with Crippen LogP contribution in [0.25, 0.3) is 6.08 Å². The van der Waals surface area contributed by atoms with Crippen LogP contribution in [0, 0.1) is 13.8 Å². The molecule has 4 heteroatoms. The van der Waals surface area contributed by atoms with Crippen molar-refractivity contribution in [3.05, 3.63) is 53.1 Å². The van der Waals surface area contributed by atoms with Crippen LogP contribution in [0.4, 0.5) is 0 Å². The largest absolute Gasteiger partial charge is 0.202 e. The van der Waals surface area contributed by atoms with Gasteiger partial charge in [-0.2, -0.15) is 5.10 Å². The van der Waals surface area contributed by atoms with Gasteiger partial charge in [0.2, 0.25) is 0 Å². The van der Waals surface area contributed by atoms with Gasteiger partial charge < -0.3 is 0 Å². The van der Waals surface area contributed by atoms with E-state index in [1.807, 2.05) is 45.2 Å². The van der Waals surface area contributed by atoms with Crippen LogP contribution >= 0.6 is 0 Å². The molecule has 0 bridgehead atoms. The van der Waals surface area contributed by atoms with Crippen LogP contribution in [-0.2, 0) is 0 Å². The SMILES string of the molecule is C/C(C=Nn1c(C)nnc1C)=C\c1ccccc1. The molecular weight excluding hydrogens is 224 g/mol. The molecule has 1 heterocycles. The fourth-order valence-electron chi connectivity index (χ4n) is 1.63. The van der Waals surface area contributed by atoms with Gasteiger partial charge in [-0.05, 0) is 31.9 Å². The van der Waals surface area contributed by atoms with Gasteiger partial charge in [0.05, 0.1) is 6.21 Å². The summed E-state index contributed by atoms with van der Waals surface area (Å²) in [5, 5.41) is 12.3. The van der Waals surface area contributed by atoms with E-state index in [2.05, 4.69) is 33.5 Å². The number of nitrogens with zero attached hydrogens (tertiary/aromatic N) is 4. The smallest absolute Gasteiger partial charge is 0.151 e. The zero-order valence-electron chi connectivity index (χ0n) is 10.8. The molecule has 1 aromatic heterocycles. The first-order valence-corrected chi connectivity index (χ1v) is 5.83. The van der Waals surface area contributed by atoms with Crippen molar-refractivity contribution in [3.8, 4) is 0 Å². The molecule has 0 aliphatic carbocycles. The zero-order chi connectivity index (χ0) is 13.0. The molecule has 2 rings (SSSR count). The van der Waals surface area contributed by atoms with Gasteiger partial charge in [0.1, 0.15) is 0 Å². The lowest BCUT2D eigenvalue weighted by atomic mass is 10.1. The van der Waals surface area contributed by atoms with Crippen molar-refractivity contribution < 1.29 is 0 Å². The number of hydrogen-bond acceptors (Lipinski definition) is 3. The van der Waals surface area contributed by atoms with Gasteiger partial charge in [0.25, 0.3) is 0 Å². The summed E-state index contributed by atoms with van der Waals surface area (Å²) in [6, 6.07) is 10.2. The topological polar surface area (TPSA) is 43.1 Å². The molecule has 0 fully saturated rings. The standard InChI is InChI=1S/C14H16N4/c1-11(9-14-7-5-4-6-8-14)10-15-18-12(2)16-17-13(18)3/h4-10H,1-3H3/b11-9+,15-10?. The normalized spacial score (nSPS) is 12.3. The zero-order valence-corrected chi connectivity index (χ0v) is 10.8. The number of hydrogen-bond donors (Lipinski definition) is 0. The molecule has 0 saturated carbocycles. The summed E-state index contributed by atoms with van der Waals surface area (Å²) in [5.41, 5.74) is 2.24. The van der Waals surface area contributed by atoms with Crippen molar-refractivity contribution in [2.75, 3.05) is 0 Å². The second-order valence-corrected chi connectivity index (χ2v) is 4.15. The Balaban J connectivity index is 2.17.